The number of ether oxygens (including phenoxy) is 1. The molecule has 0 aliphatic heterocycles. The number of aliphatic carboxylic acids is 1. The molecule has 138 valence electrons. The van der Waals surface area contributed by atoms with Gasteiger partial charge in [-0.25, -0.2) is 4.79 Å². The first-order valence-corrected chi connectivity index (χ1v) is 8.50. The maximum absolute atomic E-state index is 10.5. The molecule has 0 aliphatic carbocycles. The zero-order valence-electron chi connectivity index (χ0n) is 14.2. The van der Waals surface area contributed by atoms with Gasteiger partial charge in [0.2, 0.25) is 0 Å². The summed E-state index contributed by atoms with van der Waals surface area (Å²) >= 11 is 11.4. The average molecular weight is 380 g/mol. The molecule has 5 N–H and O–H groups in total. The fraction of sp³-hybridized carbons (Fsp3) is 0.562. The number of benzene rings is 1. The highest BCUT2D eigenvalue weighted by Gasteiger charge is 2.14. The predicted molar refractivity (Wildman–Crippen MR) is 99.0 cm³/mol. The summed E-state index contributed by atoms with van der Waals surface area (Å²) in [6.45, 7) is 5.18. The Kier molecular flexibility index (Phi) is 12.7. The predicted octanol–water partition coefficient (Wildman–Crippen LogP) is 2.46. The topological polar surface area (TPSA) is 102 Å². The van der Waals surface area contributed by atoms with Gasteiger partial charge in [0.05, 0.1) is 5.02 Å². The molecule has 6 nitrogen and oxygen atoms in total. The van der Waals surface area contributed by atoms with Gasteiger partial charge in [-0.1, -0.05) is 23.2 Å². The molecule has 1 aromatic carbocycles. The number of nitrogens with zero attached hydrogens (tertiary/aromatic N) is 1. The summed E-state index contributed by atoms with van der Waals surface area (Å²) in [6, 6.07) is 4.61. The van der Waals surface area contributed by atoms with Crippen molar-refractivity contribution < 1.29 is 14.6 Å². The Bertz CT molecular complexity index is 482. The van der Waals surface area contributed by atoms with Gasteiger partial charge in [0.1, 0.15) is 5.75 Å². The molecule has 1 rings (SSSR count). The van der Waals surface area contributed by atoms with E-state index in [2.05, 4.69) is 11.9 Å². The molecule has 8 heteroatoms. The number of hydrogen-bond acceptors (Lipinski definition) is 5. The third kappa shape index (κ3) is 10.7. The van der Waals surface area contributed by atoms with Crippen LogP contribution in [0.2, 0.25) is 10.0 Å². The number of carboxylic acid groups (broad SMARTS) is 1. The Morgan fingerprint density at radius 3 is 2.21 bits per heavy atom. The van der Waals surface area contributed by atoms with E-state index in [0.717, 1.165) is 39.0 Å². The van der Waals surface area contributed by atoms with E-state index in [4.69, 9.17) is 44.5 Å². The van der Waals surface area contributed by atoms with Crippen LogP contribution in [0.15, 0.2) is 18.2 Å². The summed E-state index contributed by atoms with van der Waals surface area (Å²) in [7, 11) is 2.10. The Labute approximate surface area is 153 Å². The smallest absolute Gasteiger partial charge is 0.344 e. The number of hydrogen-bond donors (Lipinski definition) is 3. The summed E-state index contributed by atoms with van der Waals surface area (Å²) in [5.41, 5.74) is 10.7. The fourth-order valence-corrected chi connectivity index (χ4v) is 2.10. The maximum atomic E-state index is 10.5. The summed E-state index contributed by atoms with van der Waals surface area (Å²) in [4.78, 5) is 12.8. The number of nitrogens with two attached hydrogens (primary N) is 2. The lowest BCUT2D eigenvalue weighted by Crippen LogP contribution is -2.24. The second-order valence-electron chi connectivity index (χ2n) is 5.26. The zero-order chi connectivity index (χ0) is 18.5. The van der Waals surface area contributed by atoms with Crippen LogP contribution in [-0.2, 0) is 4.79 Å². The third-order valence-electron chi connectivity index (χ3n) is 3.03. The highest BCUT2D eigenvalue weighted by molar-refractivity contribution is 6.35. The highest BCUT2D eigenvalue weighted by atomic mass is 35.5. The Balaban J connectivity index is 0.000000470. The van der Waals surface area contributed by atoms with Gasteiger partial charge in [0.25, 0.3) is 0 Å². The summed E-state index contributed by atoms with van der Waals surface area (Å²) in [5.74, 6) is -0.734. The molecule has 1 atom stereocenters. The van der Waals surface area contributed by atoms with Crippen molar-refractivity contribution >= 4 is 29.2 Å². The minimum Gasteiger partial charge on any atom is -0.479 e. The minimum atomic E-state index is -1.05. The maximum Gasteiger partial charge on any atom is 0.344 e. The highest BCUT2D eigenvalue weighted by Crippen LogP contribution is 2.28. The first kappa shape index (κ1) is 22.9. The normalized spacial score (nSPS) is 11.6. The number of carbonyl (C=O) groups is 1. The van der Waals surface area contributed by atoms with E-state index < -0.39 is 12.1 Å². The van der Waals surface area contributed by atoms with E-state index in [1.165, 1.54) is 19.1 Å². The van der Waals surface area contributed by atoms with E-state index in [-0.39, 0.29) is 0 Å². The van der Waals surface area contributed by atoms with Crippen molar-refractivity contribution in [3.63, 3.8) is 0 Å². The van der Waals surface area contributed by atoms with Crippen LogP contribution >= 0.6 is 23.2 Å². The summed E-state index contributed by atoms with van der Waals surface area (Å²) in [5, 5.41) is 9.37. The van der Waals surface area contributed by atoms with Crippen LogP contribution in [0, 0.1) is 0 Å². The van der Waals surface area contributed by atoms with Crippen molar-refractivity contribution in [3.05, 3.63) is 28.2 Å². The van der Waals surface area contributed by atoms with Crippen LogP contribution in [0.25, 0.3) is 0 Å². The van der Waals surface area contributed by atoms with Gasteiger partial charge < -0.3 is 26.2 Å². The van der Waals surface area contributed by atoms with E-state index in [1.54, 1.807) is 6.07 Å². The van der Waals surface area contributed by atoms with Gasteiger partial charge in [0, 0.05) is 5.02 Å². The molecule has 24 heavy (non-hydrogen) atoms. The molecule has 1 aromatic rings. The van der Waals surface area contributed by atoms with Crippen LogP contribution in [0.3, 0.4) is 0 Å². The Morgan fingerprint density at radius 2 is 1.79 bits per heavy atom. The van der Waals surface area contributed by atoms with Crippen molar-refractivity contribution in [2.24, 2.45) is 11.5 Å². The number of halogens is 2. The van der Waals surface area contributed by atoms with Crippen molar-refractivity contribution in [2.75, 3.05) is 33.2 Å². The standard InChI is InChI=1S/C9H8Cl2O3.C7H19N3/c1-5(9(12)13)14-8-3-2-6(10)4-7(8)11;1-10(6-2-4-8)7-3-5-9/h2-5H,1H3,(H,12,13);2-9H2,1H3. The minimum absolute atomic E-state index is 0.297. The van der Waals surface area contributed by atoms with Gasteiger partial charge >= 0.3 is 5.97 Å². The molecule has 0 spiro atoms. The van der Waals surface area contributed by atoms with Crippen molar-refractivity contribution in [1.82, 2.24) is 4.90 Å². The average Bonchev–Trinajstić information content (AvgIpc) is 2.53. The molecular weight excluding hydrogens is 353 g/mol. The Morgan fingerprint density at radius 1 is 1.25 bits per heavy atom. The molecule has 0 radical (unpaired) electrons. The number of carboxylic acids is 1. The SMILES string of the molecule is CC(Oc1ccc(Cl)cc1Cl)C(=O)O.CN(CCCN)CCCN. The van der Waals surface area contributed by atoms with E-state index in [9.17, 15) is 4.79 Å². The van der Waals surface area contributed by atoms with E-state index in [1.807, 2.05) is 0 Å². The first-order valence-electron chi connectivity index (χ1n) is 7.75. The van der Waals surface area contributed by atoms with Crippen molar-refractivity contribution in [2.45, 2.75) is 25.9 Å². The van der Waals surface area contributed by atoms with E-state index >= 15 is 0 Å². The molecule has 0 fully saturated rings. The monoisotopic (exact) mass is 379 g/mol. The first-order chi connectivity index (χ1) is 11.3. The molecule has 0 amide bonds. The van der Waals surface area contributed by atoms with Gasteiger partial charge in [-0.15, -0.1) is 0 Å². The Hall–Kier alpha value is -1.05. The van der Waals surface area contributed by atoms with Crippen LogP contribution in [-0.4, -0.2) is 55.3 Å². The lowest BCUT2D eigenvalue weighted by molar-refractivity contribution is -0.144. The lowest BCUT2D eigenvalue weighted by Gasteiger charge is -2.14. The second-order valence-corrected chi connectivity index (χ2v) is 6.10. The molecular formula is C16H27Cl2N3O3. The van der Waals surface area contributed by atoms with Crippen LogP contribution in [0.1, 0.15) is 19.8 Å². The largest absolute Gasteiger partial charge is 0.479 e. The van der Waals surface area contributed by atoms with Gasteiger partial charge in [-0.05, 0) is 71.2 Å². The molecule has 0 bridgehead atoms. The molecule has 0 aliphatic rings. The third-order valence-corrected chi connectivity index (χ3v) is 3.56. The second kappa shape index (κ2) is 13.3. The summed E-state index contributed by atoms with van der Waals surface area (Å²) < 4.78 is 5.07. The van der Waals surface area contributed by atoms with E-state index in [0.29, 0.717) is 15.8 Å². The lowest BCUT2D eigenvalue weighted by atomic mass is 10.3. The molecule has 0 saturated carbocycles. The van der Waals surface area contributed by atoms with Crippen molar-refractivity contribution in [3.8, 4) is 5.75 Å². The van der Waals surface area contributed by atoms with Crippen LogP contribution < -0.4 is 16.2 Å². The summed E-state index contributed by atoms with van der Waals surface area (Å²) in [6.07, 6.45) is 1.23. The van der Waals surface area contributed by atoms with Gasteiger partial charge in [0.15, 0.2) is 6.10 Å². The molecule has 0 aromatic heterocycles. The molecule has 1 unspecified atom stereocenters. The number of rotatable bonds is 9. The van der Waals surface area contributed by atoms with Gasteiger partial charge in [-0.3, -0.25) is 0 Å². The zero-order valence-corrected chi connectivity index (χ0v) is 15.7. The quantitative estimate of drug-likeness (QED) is 0.608. The van der Waals surface area contributed by atoms with Crippen LogP contribution in [0.4, 0.5) is 0 Å². The molecule has 0 saturated heterocycles. The van der Waals surface area contributed by atoms with Gasteiger partial charge in [-0.2, -0.15) is 0 Å². The van der Waals surface area contributed by atoms with Crippen LogP contribution in [0.5, 0.6) is 5.75 Å². The van der Waals surface area contributed by atoms with Crippen molar-refractivity contribution in [1.29, 1.82) is 0 Å². The molecule has 0 heterocycles. The fourth-order valence-electron chi connectivity index (χ4n) is 1.65.